The maximum atomic E-state index is 4.28. The Morgan fingerprint density at radius 3 is 2.86 bits per heavy atom. The molecule has 1 aromatic rings. The van der Waals surface area contributed by atoms with Crippen molar-refractivity contribution < 1.29 is 0 Å². The number of fused-ring (bicyclic) bond motifs is 1. The first-order chi connectivity index (χ1) is 9.85. The fourth-order valence-corrected chi connectivity index (χ4v) is 2.46. The number of rotatable bonds is 6. The lowest BCUT2D eigenvalue weighted by Gasteiger charge is -2.16. The third-order valence-electron chi connectivity index (χ3n) is 3.65. The molecule has 0 spiro atoms. The van der Waals surface area contributed by atoms with Crippen LogP contribution in [-0.2, 0) is 19.5 Å². The summed E-state index contributed by atoms with van der Waals surface area (Å²) >= 11 is 0. The molecule has 0 aromatic carbocycles. The summed E-state index contributed by atoms with van der Waals surface area (Å²) in [5, 5.41) is 15.2. The number of nitrogens with one attached hydrogen (secondary N) is 2. The van der Waals surface area contributed by atoms with E-state index in [1.165, 1.54) is 32.1 Å². The number of nitrogens with zero attached hydrogens (tertiary/aromatic N) is 4. The first kappa shape index (κ1) is 18.2. The number of hydrogen-bond donors (Lipinski definition) is 2. The van der Waals surface area contributed by atoms with Crippen LogP contribution in [0.2, 0.25) is 0 Å². The van der Waals surface area contributed by atoms with Gasteiger partial charge in [-0.15, -0.1) is 34.2 Å². The largest absolute Gasteiger partial charge is 0.356 e. The van der Waals surface area contributed by atoms with Crippen LogP contribution in [0.5, 0.6) is 0 Å². The summed E-state index contributed by atoms with van der Waals surface area (Å²) in [6.45, 7) is 4.90. The van der Waals surface area contributed by atoms with Crippen LogP contribution in [0.4, 0.5) is 0 Å². The second-order valence-corrected chi connectivity index (χ2v) is 5.20. The minimum Gasteiger partial charge on any atom is -0.356 e. The zero-order valence-electron chi connectivity index (χ0n) is 13.1. The molecule has 2 N–H and O–H groups in total. The predicted molar refractivity (Wildman–Crippen MR) is 96.1 cm³/mol. The molecule has 7 heteroatoms. The van der Waals surface area contributed by atoms with E-state index in [9.17, 15) is 0 Å². The Morgan fingerprint density at radius 1 is 1.24 bits per heavy atom. The fraction of sp³-hybridized carbons (Fsp3) is 0.786. The van der Waals surface area contributed by atoms with Crippen molar-refractivity contribution in [2.45, 2.75) is 58.5 Å². The molecule has 1 aliphatic heterocycles. The minimum absolute atomic E-state index is 0. The summed E-state index contributed by atoms with van der Waals surface area (Å²) in [4.78, 5) is 4.23. The van der Waals surface area contributed by atoms with Crippen molar-refractivity contribution in [1.82, 2.24) is 25.4 Å². The molecular formula is C14H27IN6. The van der Waals surface area contributed by atoms with E-state index in [4.69, 9.17) is 0 Å². The highest BCUT2D eigenvalue weighted by Gasteiger charge is 2.15. The Balaban J connectivity index is 0.00000220. The molecule has 0 fully saturated rings. The quantitative estimate of drug-likeness (QED) is 0.329. The van der Waals surface area contributed by atoms with Gasteiger partial charge < -0.3 is 15.2 Å². The first-order valence-corrected chi connectivity index (χ1v) is 7.70. The molecule has 0 amide bonds. The highest BCUT2D eigenvalue weighted by atomic mass is 127. The predicted octanol–water partition coefficient (Wildman–Crippen LogP) is 2.09. The molecule has 0 unspecified atom stereocenters. The third kappa shape index (κ3) is 5.44. The van der Waals surface area contributed by atoms with Gasteiger partial charge >= 0.3 is 0 Å². The van der Waals surface area contributed by atoms with Gasteiger partial charge in [-0.1, -0.05) is 19.8 Å². The molecule has 2 heterocycles. The number of halogens is 1. The lowest BCUT2D eigenvalue weighted by atomic mass is 10.2. The van der Waals surface area contributed by atoms with Gasteiger partial charge in [0.1, 0.15) is 5.82 Å². The fourth-order valence-electron chi connectivity index (χ4n) is 2.46. The average molecular weight is 406 g/mol. The summed E-state index contributed by atoms with van der Waals surface area (Å²) in [6.07, 6.45) is 7.17. The molecular weight excluding hydrogens is 379 g/mol. The van der Waals surface area contributed by atoms with Gasteiger partial charge in [0.15, 0.2) is 11.8 Å². The van der Waals surface area contributed by atoms with E-state index >= 15 is 0 Å². The lowest BCUT2D eigenvalue weighted by molar-refractivity contribution is 0.504. The van der Waals surface area contributed by atoms with Gasteiger partial charge in [-0.2, -0.15) is 0 Å². The third-order valence-corrected chi connectivity index (χ3v) is 3.65. The van der Waals surface area contributed by atoms with Crippen LogP contribution in [0.15, 0.2) is 4.99 Å². The summed E-state index contributed by atoms with van der Waals surface area (Å²) in [7, 11) is 1.80. The number of aromatic nitrogens is 3. The minimum atomic E-state index is 0. The second-order valence-electron chi connectivity index (χ2n) is 5.20. The standard InChI is InChI=1S/C14H26N6.HI/c1-3-4-6-9-16-14(15-2)17-11-13-19-18-12-8-5-7-10-20(12)13;/h3-11H2,1-2H3,(H2,15,16,17);1H. The Hall–Kier alpha value is -0.860. The van der Waals surface area contributed by atoms with E-state index in [0.29, 0.717) is 6.54 Å². The van der Waals surface area contributed by atoms with Gasteiger partial charge in [0.2, 0.25) is 0 Å². The van der Waals surface area contributed by atoms with Crippen LogP contribution in [0.1, 0.15) is 50.7 Å². The molecule has 21 heavy (non-hydrogen) atoms. The van der Waals surface area contributed by atoms with Crippen molar-refractivity contribution >= 4 is 29.9 Å². The zero-order chi connectivity index (χ0) is 14.2. The highest BCUT2D eigenvalue weighted by molar-refractivity contribution is 14.0. The van der Waals surface area contributed by atoms with Crippen molar-refractivity contribution in [3.8, 4) is 0 Å². The monoisotopic (exact) mass is 406 g/mol. The van der Waals surface area contributed by atoms with Gasteiger partial charge in [0, 0.05) is 26.6 Å². The molecule has 2 rings (SSSR count). The Bertz CT molecular complexity index is 443. The molecule has 0 atom stereocenters. The Kier molecular flexibility index (Phi) is 8.63. The van der Waals surface area contributed by atoms with Gasteiger partial charge in [-0.3, -0.25) is 4.99 Å². The van der Waals surface area contributed by atoms with Crippen molar-refractivity contribution in [3.63, 3.8) is 0 Å². The molecule has 1 aliphatic rings. The van der Waals surface area contributed by atoms with Crippen molar-refractivity contribution in [2.24, 2.45) is 4.99 Å². The number of aliphatic imine (C=N–C) groups is 1. The van der Waals surface area contributed by atoms with E-state index in [1.54, 1.807) is 7.05 Å². The lowest BCUT2D eigenvalue weighted by Crippen LogP contribution is -2.38. The van der Waals surface area contributed by atoms with Gasteiger partial charge in [-0.25, -0.2) is 0 Å². The Morgan fingerprint density at radius 2 is 2.10 bits per heavy atom. The number of hydrogen-bond acceptors (Lipinski definition) is 3. The van der Waals surface area contributed by atoms with Gasteiger partial charge in [0.25, 0.3) is 0 Å². The molecule has 6 nitrogen and oxygen atoms in total. The van der Waals surface area contributed by atoms with Crippen molar-refractivity contribution in [2.75, 3.05) is 13.6 Å². The SMILES string of the molecule is CCCCCNC(=NC)NCc1nnc2n1CCCC2.I. The maximum Gasteiger partial charge on any atom is 0.191 e. The molecule has 1 aromatic heterocycles. The van der Waals surface area contributed by atoms with Crippen LogP contribution in [0, 0.1) is 0 Å². The van der Waals surface area contributed by atoms with Gasteiger partial charge in [0.05, 0.1) is 6.54 Å². The summed E-state index contributed by atoms with van der Waals surface area (Å²) in [5.74, 6) is 2.98. The normalized spacial score (nSPS) is 14.3. The van der Waals surface area contributed by atoms with Crippen molar-refractivity contribution in [1.29, 1.82) is 0 Å². The second kappa shape index (κ2) is 9.97. The van der Waals surface area contributed by atoms with E-state index in [1.807, 2.05) is 0 Å². The summed E-state index contributed by atoms with van der Waals surface area (Å²) in [5.41, 5.74) is 0. The van der Waals surface area contributed by atoms with Crippen LogP contribution >= 0.6 is 24.0 Å². The highest BCUT2D eigenvalue weighted by Crippen LogP contribution is 2.13. The van der Waals surface area contributed by atoms with E-state index in [0.717, 1.165) is 37.1 Å². The van der Waals surface area contributed by atoms with Crippen LogP contribution < -0.4 is 10.6 Å². The molecule has 0 bridgehead atoms. The van der Waals surface area contributed by atoms with Crippen LogP contribution in [0.25, 0.3) is 0 Å². The summed E-state index contributed by atoms with van der Waals surface area (Å²) in [6, 6.07) is 0. The number of aryl methyl sites for hydroxylation is 1. The van der Waals surface area contributed by atoms with E-state index in [2.05, 4.69) is 37.3 Å². The van der Waals surface area contributed by atoms with Gasteiger partial charge in [-0.05, 0) is 19.3 Å². The maximum absolute atomic E-state index is 4.28. The smallest absolute Gasteiger partial charge is 0.191 e. The van der Waals surface area contributed by atoms with Crippen LogP contribution in [-0.4, -0.2) is 34.3 Å². The zero-order valence-corrected chi connectivity index (χ0v) is 15.4. The summed E-state index contributed by atoms with van der Waals surface area (Å²) < 4.78 is 2.24. The topological polar surface area (TPSA) is 67.1 Å². The van der Waals surface area contributed by atoms with Crippen molar-refractivity contribution in [3.05, 3.63) is 11.6 Å². The molecule has 0 radical (unpaired) electrons. The first-order valence-electron chi connectivity index (χ1n) is 7.70. The van der Waals surface area contributed by atoms with E-state index in [-0.39, 0.29) is 24.0 Å². The molecule has 120 valence electrons. The molecule has 0 saturated carbocycles. The molecule has 0 aliphatic carbocycles. The Labute approximate surface area is 144 Å². The van der Waals surface area contributed by atoms with E-state index < -0.39 is 0 Å². The van der Waals surface area contributed by atoms with Crippen LogP contribution in [0.3, 0.4) is 0 Å². The average Bonchev–Trinajstić information content (AvgIpc) is 2.90. The molecule has 0 saturated heterocycles. The number of guanidine groups is 1. The number of unbranched alkanes of at least 4 members (excludes halogenated alkanes) is 2.